The van der Waals surface area contributed by atoms with E-state index >= 15 is 0 Å². The highest BCUT2D eigenvalue weighted by Crippen LogP contribution is 2.21. The molecule has 0 amide bonds. The Bertz CT molecular complexity index is 892. The van der Waals surface area contributed by atoms with Crippen LogP contribution in [0.4, 0.5) is 4.39 Å². The van der Waals surface area contributed by atoms with Crippen molar-refractivity contribution in [2.75, 3.05) is 0 Å². The highest BCUT2D eigenvalue weighted by Gasteiger charge is 2.04. The molecule has 5 heteroatoms. The first-order valence-corrected chi connectivity index (χ1v) is 7.25. The molecule has 0 saturated heterocycles. The van der Waals surface area contributed by atoms with Gasteiger partial charge in [-0.25, -0.2) is 4.39 Å². The number of rotatable bonds is 5. The van der Waals surface area contributed by atoms with Gasteiger partial charge in [0.2, 0.25) is 0 Å². The average molecular weight is 320 g/mol. The second-order valence-electron chi connectivity index (χ2n) is 4.99. The van der Waals surface area contributed by atoms with Crippen LogP contribution in [0.3, 0.4) is 0 Å². The standard InChI is InChI=1S/C19H13FN2O2/c20-17-7-5-14(6-8-17)19-10-9-18(24-19)12-22-23-13-16-4-2-1-3-15(16)11-21/h1-10,12H,13H2/b22-12-. The lowest BCUT2D eigenvalue weighted by molar-refractivity contribution is 0.131. The second-order valence-corrected chi connectivity index (χ2v) is 4.99. The van der Waals surface area contributed by atoms with Crippen LogP contribution in [-0.2, 0) is 11.4 Å². The minimum Gasteiger partial charge on any atom is -0.455 e. The SMILES string of the molecule is N#Cc1ccccc1CO/N=C\c1ccc(-c2ccc(F)cc2)o1. The maximum atomic E-state index is 12.9. The lowest BCUT2D eigenvalue weighted by atomic mass is 10.1. The van der Waals surface area contributed by atoms with Crippen molar-refractivity contribution in [3.05, 3.63) is 83.4 Å². The number of halogens is 1. The van der Waals surface area contributed by atoms with Gasteiger partial charge in [-0.05, 0) is 42.5 Å². The van der Waals surface area contributed by atoms with E-state index < -0.39 is 0 Å². The van der Waals surface area contributed by atoms with Crippen molar-refractivity contribution in [3.63, 3.8) is 0 Å². The molecule has 0 aliphatic rings. The molecule has 0 aliphatic carbocycles. The number of furan rings is 1. The smallest absolute Gasteiger partial charge is 0.149 e. The molecular weight excluding hydrogens is 307 g/mol. The van der Waals surface area contributed by atoms with Gasteiger partial charge in [0.25, 0.3) is 0 Å². The van der Waals surface area contributed by atoms with Gasteiger partial charge < -0.3 is 9.25 Å². The minimum absolute atomic E-state index is 0.200. The number of nitrogens with zero attached hydrogens (tertiary/aromatic N) is 2. The van der Waals surface area contributed by atoms with Crippen molar-refractivity contribution in [2.24, 2.45) is 5.16 Å². The van der Waals surface area contributed by atoms with Crippen LogP contribution in [0, 0.1) is 17.1 Å². The largest absolute Gasteiger partial charge is 0.455 e. The molecule has 3 rings (SSSR count). The summed E-state index contributed by atoms with van der Waals surface area (Å²) in [6, 6.07) is 18.8. The number of hydrogen-bond acceptors (Lipinski definition) is 4. The molecule has 0 atom stereocenters. The third kappa shape index (κ3) is 3.68. The number of nitriles is 1. The maximum absolute atomic E-state index is 12.9. The van der Waals surface area contributed by atoms with E-state index in [1.54, 1.807) is 36.4 Å². The van der Waals surface area contributed by atoms with Gasteiger partial charge in [0.05, 0.1) is 11.6 Å². The second kappa shape index (κ2) is 7.25. The van der Waals surface area contributed by atoms with Gasteiger partial charge in [0.1, 0.15) is 30.2 Å². The molecule has 0 aliphatic heterocycles. The highest BCUT2D eigenvalue weighted by atomic mass is 19.1. The first-order chi connectivity index (χ1) is 11.8. The summed E-state index contributed by atoms with van der Waals surface area (Å²) in [6.45, 7) is 0.200. The van der Waals surface area contributed by atoms with E-state index in [-0.39, 0.29) is 12.4 Å². The molecule has 3 aromatic rings. The van der Waals surface area contributed by atoms with Gasteiger partial charge in [0.15, 0.2) is 0 Å². The predicted octanol–water partition coefficient (Wildman–Crippen LogP) is 4.51. The molecule has 0 radical (unpaired) electrons. The summed E-state index contributed by atoms with van der Waals surface area (Å²) in [6.07, 6.45) is 1.45. The molecule has 4 nitrogen and oxygen atoms in total. The highest BCUT2D eigenvalue weighted by molar-refractivity contribution is 5.76. The van der Waals surface area contributed by atoms with Crippen LogP contribution in [0.25, 0.3) is 11.3 Å². The van der Waals surface area contributed by atoms with Crippen LogP contribution in [0.1, 0.15) is 16.9 Å². The van der Waals surface area contributed by atoms with E-state index in [4.69, 9.17) is 14.5 Å². The summed E-state index contributed by atoms with van der Waals surface area (Å²) in [5.74, 6) is 0.840. The summed E-state index contributed by atoms with van der Waals surface area (Å²) in [5.41, 5.74) is 2.10. The molecule has 0 N–H and O–H groups in total. The first-order valence-electron chi connectivity index (χ1n) is 7.25. The number of benzene rings is 2. The molecule has 0 spiro atoms. The predicted molar refractivity (Wildman–Crippen MR) is 87.6 cm³/mol. The maximum Gasteiger partial charge on any atom is 0.149 e. The summed E-state index contributed by atoms with van der Waals surface area (Å²) in [7, 11) is 0. The van der Waals surface area contributed by atoms with Crippen molar-refractivity contribution >= 4 is 6.21 Å². The fourth-order valence-corrected chi connectivity index (χ4v) is 2.14. The zero-order valence-corrected chi connectivity index (χ0v) is 12.6. The van der Waals surface area contributed by atoms with E-state index in [0.717, 1.165) is 11.1 Å². The molecule has 0 saturated carbocycles. The Morgan fingerprint density at radius 3 is 2.67 bits per heavy atom. The Hall–Kier alpha value is -3.39. The van der Waals surface area contributed by atoms with Crippen molar-refractivity contribution in [1.82, 2.24) is 0 Å². The van der Waals surface area contributed by atoms with Crippen LogP contribution in [-0.4, -0.2) is 6.21 Å². The Balaban J connectivity index is 1.61. The van der Waals surface area contributed by atoms with Crippen LogP contribution >= 0.6 is 0 Å². The lowest BCUT2D eigenvalue weighted by Crippen LogP contribution is -1.91. The summed E-state index contributed by atoms with van der Waals surface area (Å²) < 4.78 is 18.5. The van der Waals surface area contributed by atoms with E-state index in [1.807, 2.05) is 12.1 Å². The van der Waals surface area contributed by atoms with Gasteiger partial charge in [-0.1, -0.05) is 23.4 Å². The zero-order chi connectivity index (χ0) is 16.8. The van der Waals surface area contributed by atoms with E-state index in [1.165, 1.54) is 18.3 Å². The van der Waals surface area contributed by atoms with Gasteiger partial charge in [-0.2, -0.15) is 5.26 Å². The number of oxime groups is 1. The van der Waals surface area contributed by atoms with Crippen LogP contribution < -0.4 is 0 Å². The summed E-state index contributed by atoms with van der Waals surface area (Å²) in [4.78, 5) is 5.21. The molecule has 1 heterocycles. The minimum atomic E-state index is -0.293. The third-order valence-electron chi connectivity index (χ3n) is 3.37. The molecule has 118 valence electrons. The van der Waals surface area contributed by atoms with E-state index in [0.29, 0.717) is 17.1 Å². The normalized spacial score (nSPS) is 10.7. The monoisotopic (exact) mass is 320 g/mol. The topological polar surface area (TPSA) is 58.5 Å². The molecule has 0 fully saturated rings. The Kier molecular flexibility index (Phi) is 4.68. The van der Waals surface area contributed by atoms with E-state index in [2.05, 4.69) is 11.2 Å². The van der Waals surface area contributed by atoms with Crippen molar-refractivity contribution in [1.29, 1.82) is 5.26 Å². The van der Waals surface area contributed by atoms with Gasteiger partial charge >= 0.3 is 0 Å². The fraction of sp³-hybridized carbons (Fsp3) is 0.0526. The molecular formula is C19H13FN2O2. The average Bonchev–Trinajstić information content (AvgIpc) is 3.08. The van der Waals surface area contributed by atoms with Crippen LogP contribution in [0.5, 0.6) is 0 Å². The molecule has 24 heavy (non-hydrogen) atoms. The summed E-state index contributed by atoms with van der Waals surface area (Å²) in [5, 5.41) is 12.8. The Morgan fingerprint density at radius 1 is 1.08 bits per heavy atom. The van der Waals surface area contributed by atoms with Crippen LogP contribution in [0.2, 0.25) is 0 Å². The molecule has 0 bridgehead atoms. The van der Waals surface area contributed by atoms with Crippen molar-refractivity contribution in [2.45, 2.75) is 6.61 Å². The van der Waals surface area contributed by atoms with Gasteiger partial charge in [-0.15, -0.1) is 0 Å². The zero-order valence-electron chi connectivity index (χ0n) is 12.6. The quantitative estimate of drug-likeness (QED) is 0.513. The van der Waals surface area contributed by atoms with Crippen molar-refractivity contribution in [3.8, 4) is 17.4 Å². The number of hydrogen-bond donors (Lipinski definition) is 0. The Labute approximate surface area is 138 Å². The first kappa shape index (κ1) is 15.5. The lowest BCUT2D eigenvalue weighted by Gasteiger charge is -2.01. The van der Waals surface area contributed by atoms with Gasteiger partial charge in [0, 0.05) is 11.1 Å². The molecule has 1 aromatic heterocycles. The molecule has 0 unspecified atom stereocenters. The van der Waals surface area contributed by atoms with Gasteiger partial charge in [-0.3, -0.25) is 0 Å². The third-order valence-corrected chi connectivity index (χ3v) is 3.37. The fourth-order valence-electron chi connectivity index (χ4n) is 2.14. The van der Waals surface area contributed by atoms with Crippen LogP contribution in [0.15, 0.2) is 70.2 Å². The molecule has 2 aromatic carbocycles. The van der Waals surface area contributed by atoms with E-state index in [9.17, 15) is 4.39 Å². The Morgan fingerprint density at radius 2 is 1.88 bits per heavy atom. The van der Waals surface area contributed by atoms with Crippen molar-refractivity contribution < 1.29 is 13.6 Å². The summed E-state index contributed by atoms with van der Waals surface area (Å²) >= 11 is 0.